The van der Waals surface area contributed by atoms with Gasteiger partial charge in [-0.1, -0.05) is 18.9 Å². The van der Waals surface area contributed by atoms with Gasteiger partial charge in [-0.05, 0) is 44.9 Å². The lowest BCUT2D eigenvalue weighted by molar-refractivity contribution is 0.530. The van der Waals surface area contributed by atoms with Gasteiger partial charge in [0.25, 0.3) is 0 Å². The Labute approximate surface area is 92.1 Å². The Morgan fingerprint density at radius 1 is 1.20 bits per heavy atom. The summed E-state index contributed by atoms with van der Waals surface area (Å²) in [6, 6.07) is 4.89. The molecule has 0 aliphatic carbocycles. The molecule has 0 amide bonds. The minimum Gasteiger partial charge on any atom is -0.310 e. The molecule has 1 unspecified atom stereocenters. The van der Waals surface area contributed by atoms with Crippen molar-refractivity contribution < 1.29 is 0 Å². The maximum absolute atomic E-state index is 4.54. The molecule has 2 rings (SSSR count). The molecule has 82 valence electrons. The molecule has 1 aliphatic heterocycles. The van der Waals surface area contributed by atoms with Crippen molar-refractivity contribution in [3.8, 4) is 0 Å². The molecule has 1 N–H and O–H groups in total. The van der Waals surface area contributed by atoms with E-state index >= 15 is 0 Å². The summed E-state index contributed by atoms with van der Waals surface area (Å²) in [4.78, 5) is 4.54. The monoisotopic (exact) mass is 204 g/mol. The Morgan fingerprint density at radius 3 is 2.87 bits per heavy atom. The average Bonchev–Trinajstić information content (AvgIpc) is 2.46. The molecule has 2 heteroatoms. The molecule has 2 heterocycles. The number of hydrogen-bond acceptors (Lipinski definition) is 2. The van der Waals surface area contributed by atoms with Gasteiger partial charge in [-0.15, -0.1) is 0 Å². The van der Waals surface area contributed by atoms with Crippen molar-refractivity contribution in [1.82, 2.24) is 10.3 Å². The Balaban J connectivity index is 2.19. The fourth-order valence-corrected chi connectivity index (χ4v) is 2.36. The van der Waals surface area contributed by atoms with Gasteiger partial charge in [0.2, 0.25) is 0 Å². The molecule has 0 radical (unpaired) electrons. The SMILES string of the molecule is Cc1ccc(C2CCCCCN2)c(C)n1. The molecule has 0 saturated carbocycles. The van der Waals surface area contributed by atoms with Gasteiger partial charge in [0.05, 0.1) is 0 Å². The molecule has 1 fully saturated rings. The highest BCUT2D eigenvalue weighted by atomic mass is 14.9. The number of hydrogen-bond donors (Lipinski definition) is 1. The molecule has 1 aromatic rings. The second-order valence-electron chi connectivity index (χ2n) is 4.48. The zero-order valence-corrected chi connectivity index (χ0v) is 9.71. The zero-order chi connectivity index (χ0) is 10.7. The number of rotatable bonds is 1. The average molecular weight is 204 g/mol. The summed E-state index contributed by atoms with van der Waals surface area (Å²) in [6.07, 6.45) is 5.27. The van der Waals surface area contributed by atoms with E-state index in [2.05, 4.69) is 36.3 Å². The van der Waals surface area contributed by atoms with Crippen LogP contribution in [0.15, 0.2) is 12.1 Å². The number of nitrogens with zero attached hydrogens (tertiary/aromatic N) is 1. The standard InChI is InChI=1S/C13H20N2/c1-10-7-8-12(11(2)15-10)13-6-4-3-5-9-14-13/h7-8,13-14H,3-6,9H2,1-2H3. The lowest BCUT2D eigenvalue weighted by atomic mass is 10.0. The van der Waals surface area contributed by atoms with Crippen LogP contribution in [0.2, 0.25) is 0 Å². The van der Waals surface area contributed by atoms with Crippen LogP contribution in [0.3, 0.4) is 0 Å². The number of aryl methyl sites for hydroxylation is 2. The number of pyridine rings is 1. The molecular weight excluding hydrogens is 184 g/mol. The Bertz CT molecular complexity index is 325. The summed E-state index contributed by atoms with van der Waals surface area (Å²) >= 11 is 0. The largest absolute Gasteiger partial charge is 0.310 e. The highest BCUT2D eigenvalue weighted by Gasteiger charge is 2.15. The van der Waals surface area contributed by atoms with Crippen LogP contribution in [-0.2, 0) is 0 Å². The van der Waals surface area contributed by atoms with Gasteiger partial charge < -0.3 is 5.32 Å². The molecule has 1 atom stereocenters. The van der Waals surface area contributed by atoms with Crippen molar-refractivity contribution in [2.75, 3.05) is 6.54 Å². The number of aromatic nitrogens is 1. The van der Waals surface area contributed by atoms with E-state index in [0.29, 0.717) is 6.04 Å². The van der Waals surface area contributed by atoms with Crippen molar-refractivity contribution in [3.63, 3.8) is 0 Å². The van der Waals surface area contributed by atoms with Crippen molar-refractivity contribution in [2.45, 2.75) is 45.6 Å². The van der Waals surface area contributed by atoms with Gasteiger partial charge in [0, 0.05) is 17.4 Å². The van der Waals surface area contributed by atoms with Gasteiger partial charge in [-0.3, -0.25) is 4.98 Å². The smallest absolute Gasteiger partial charge is 0.0423 e. The second-order valence-corrected chi connectivity index (χ2v) is 4.48. The fraction of sp³-hybridized carbons (Fsp3) is 0.615. The van der Waals surface area contributed by atoms with Gasteiger partial charge in [-0.2, -0.15) is 0 Å². The third-order valence-electron chi connectivity index (χ3n) is 3.20. The predicted molar refractivity (Wildman–Crippen MR) is 62.9 cm³/mol. The molecule has 1 aliphatic rings. The minimum absolute atomic E-state index is 0.528. The van der Waals surface area contributed by atoms with Crippen LogP contribution < -0.4 is 5.32 Å². The van der Waals surface area contributed by atoms with Crippen molar-refractivity contribution in [1.29, 1.82) is 0 Å². The van der Waals surface area contributed by atoms with E-state index in [9.17, 15) is 0 Å². The molecule has 0 bridgehead atoms. The van der Waals surface area contributed by atoms with Gasteiger partial charge in [0.1, 0.15) is 0 Å². The molecule has 2 nitrogen and oxygen atoms in total. The van der Waals surface area contributed by atoms with Crippen molar-refractivity contribution in [3.05, 3.63) is 29.1 Å². The highest BCUT2D eigenvalue weighted by molar-refractivity contribution is 5.25. The molecular formula is C13H20N2. The third-order valence-corrected chi connectivity index (χ3v) is 3.20. The van der Waals surface area contributed by atoms with Crippen LogP contribution in [-0.4, -0.2) is 11.5 Å². The van der Waals surface area contributed by atoms with E-state index in [0.717, 1.165) is 12.2 Å². The van der Waals surface area contributed by atoms with Gasteiger partial charge in [-0.25, -0.2) is 0 Å². The van der Waals surface area contributed by atoms with E-state index in [4.69, 9.17) is 0 Å². The Morgan fingerprint density at radius 2 is 2.07 bits per heavy atom. The molecule has 0 aromatic carbocycles. The van der Waals surface area contributed by atoms with Crippen LogP contribution in [0, 0.1) is 13.8 Å². The fourth-order valence-electron chi connectivity index (χ4n) is 2.36. The van der Waals surface area contributed by atoms with Gasteiger partial charge in [0.15, 0.2) is 0 Å². The summed E-state index contributed by atoms with van der Waals surface area (Å²) in [6.45, 7) is 5.32. The minimum atomic E-state index is 0.528. The molecule has 15 heavy (non-hydrogen) atoms. The van der Waals surface area contributed by atoms with Crippen molar-refractivity contribution >= 4 is 0 Å². The van der Waals surface area contributed by atoms with E-state index in [1.807, 2.05) is 0 Å². The predicted octanol–water partition coefficient (Wildman–Crippen LogP) is 2.90. The molecule has 1 saturated heterocycles. The van der Waals surface area contributed by atoms with E-state index in [1.165, 1.54) is 36.9 Å². The first kappa shape index (κ1) is 10.6. The summed E-state index contributed by atoms with van der Waals surface area (Å²) in [5.41, 5.74) is 3.70. The van der Waals surface area contributed by atoms with Crippen LogP contribution >= 0.6 is 0 Å². The number of nitrogens with one attached hydrogen (secondary N) is 1. The Kier molecular flexibility index (Phi) is 3.37. The van der Waals surface area contributed by atoms with Crippen LogP contribution in [0.1, 0.15) is 48.7 Å². The van der Waals surface area contributed by atoms with Crippen LogP contribution in [0.25, 0.3) is 0 Å². The zero-order valence-electron chi connectivity index (χ0n) is 9.71. The maximum Gasteiger partial charge on any atom is 0.0423 e. The van der Waals surface area contributed by atoms with E-state index in [-0.39, 0.29) is 0 Å². The summed E-state index contributed by atoms with van der Waals surface area (Å²) < 4.78 is 0. The molecule has 0 spiro atoms. The Hall–Kier alpha value is -0.890. The lowest BCUT2D eigenvalue weighted by Crippen LogP contribution is -2.21. The maximum atomic E-state index is 4.54. The first-order valence-corrected chi connectivity index (χ1v) is 5.95. The first-order valence-electron chi connectivity index (χ1n) is 5.95. The third kappa shape index (κ3) is 2.57. The van der Waals surface area contributed by atoms with Crippen molar-refractivity contribution in [2.24, 2.45) is 0 Å². The molecule has 1 aromatic heterocycles. The van der Waals surface area contributed by atoms with Crippen LogP contribution in [0.5, 0.6) is 0 Å². The summed E-state index contributed by atoms with van der Waals surface area (Å²) in [7, 11) is 0. The van der Waals surface area contributed by atoms with Crippen LogP contribution in [0.4, 0.5) is 0 Å². The topological polar surface area (TPSA) is 24.9 Å². The van der Waals surface area contributed by atoms with Gasteiger partial charge >= 0.3 is 0 Å². The second kappa shape index (κ2) is 4.75. The van der Waals surface area contributed by atoms with E-state index in [1.54, 1.807) is 0 Å². The highest BCUT2D eigenvalue weighted by Crippen LogP contribution is 2.24. The first-order chi connectivity index (χ1) is 7.27. The quantitative estimate of drug-likeness (QED) is 0.761. The van der Waals surface area contributed by atoms with E-state index < -0.39 is 0 Å². The summed E-state index contributed by atoms with van der Waals surface area (Å²) in [5, 5.41) is 3.62. The summed E-state index contributed by atoms with van der Waals surface area (Å²) in [5.74, 6) is 0. The normalized spacial score (nSPS) is 22.4. The lowest BCUT2D eigenvalue weighted by Gasteiger charge is -2.18.